The molecule has 0 unspecified atom stereocenters. The lowest BCUT2D eigenvalue weighted by molar-refractivity contribution is 0.450. The van der Waals surface area contributed by atoms with Crippen molar-refractivity contribution in [2.45, 2.75) is 4.90 Å². The Kier molecular flexibility index (Phi) is 5.34. The highest BCUT2D eigenvalue weighted by molar-refractivity contribution is 7.86. The molecule has 108 valence electrons. The molecule has 0 saturated carbocycles. The van der Waals surface area contributed by atoms with E-state index in [9.17, 15) is 13.0 Å². The van der Waals surface area contributed by atoms with Gasteiger partial charge in [-0.1, -0.05) is 18.2 Å². The average molecular weight is 317 g/mol. The van der Waals surface area contributed by atoms with E-state index in [1.165, 1.54) is 18.2 Å². The summed E-state index contributed by atoms with van der Waals surface area (Å²) in [7, 11) is -4.41. The molecule has 20 heavy (non-hydrogen) atoms. The molecule has 0 bridgehead atoms. The molecule has 2 aromatic carbocycles. The maximum atomic E-state index is 11.3. The van der Waals surface area contributed by atoms with Crippen molar-refractivity contribution in [1.29, 1.82) is 0 Å². The fourth-order valence-electron chi connectivity index (χ4n) is 1.50. The number of para-hydroxylation sites is 1. The summed E-state index contributed by atoms with van der Waals surface area (Å²) < 4.78 is 37.3. The SMILES string of the molecule is Cl.NNc1ccc(Oc2ccccc2)c(S(=O)(=O)O)c1. The summed E-state index contributed by atoms with van der Waals surface area (Å²) in [5, 5.41) is 0. The molecule has 0 aliphatic rings. The van der Waals surface area contributed by atoms with Crippen LogP contribution in [0.1, 0.15) is 0 Å². The Bertz CT molecular complexity index is 677. The predicted octanol–water partition coefficient (Wildman–Crippen LogP) is 2.43. The molecule has 6 nitrogen and oxygen atoms in total. The van der Waals surface area contributed by atoms with E-state index in [1.54, 1.807) is 30.3 Å². The van der Waals surface area contributed by atoms with Crippen molar-refractivity contribution in [3.05, 3.63) is 48.5 Å². The van der Waals surface area contributed by atoms with E-state index in [0.29, 0.717) is 11.4 Å². The molecule has 2 rings (SSSR count). The summed E-state index contributed by atoms with van der Waals surface area (Å²) >= 11 is 0. The van der Waals surface area contributed by atoms with E-state index in [2.05, 4.69) is 5.43 Å². The number of halogens is 1. The molecule has 0 aliphatic carbocycles. The van der Waals surface area contributed by atoms with Crippen molar-refractivity contribution in [2.75, 3.05) is 5.43 Å². The van der Waals surface area contributed by atoms with Crippen LogP contribution in [-0.2, 0) is 10.1 Å². The zero-order chi connectivity index (χ0) is 13.9. The van der Waals surface area contributed by atoms with Gasteiger partial charge in [0.1, 0.15) is 16.4 Å². The van der Waals surface area contributed by atoms with Crippen molar-refractivity contribution in [1.82, 2.24) is 0 Å². The topological polar surface area (TPSA) is 102 Å². The van der Waals surface area contributed by atoms with Gasteiger partial charge in [-0.25, -0.2) is 0 Å². The normalized spacial score (nSPS) is 10.5. The van der Waals surface area contributed by atoms with Crippen LogP contribution in [-0.4, -0.2) is 13.0 Å². The second-order valence-corrected chi connectivity index (χ2v) is 5.09. The molecule has 0 heterocycles. The molecule has 0 saturated heterocycles. The van der Waals surface area contributed by atoms with E-state index >= 15 is 0 Å². The molecule has 0 radical (unpaired) electrons. The number of nitrogens with two attached hydrogens (primary N) is 1. The minimum absolute atomic E-state index is 0. The highest BCUT2D eigenvalue weighted by Gasteiger charge is 2.18. The minimum atomic E-state index is -4.41. The first-order valence-corrected chi connectivity index (χ1v) is 6.76. The molecule has 0 aliphatic heterocycles. The number of nitrogen functional groups attached to an aromatic ring is 1. The first kappa shape index (κ1) is 16.3. The minimum Gasteiger partial charge on any atom is -0.456 e. The highest BCUT2D eigenvalue weighted by atomic mass is 35.5. The van der Waals surface area contributed by atoms with Gasteiger partial charge in [-0.05, 0) is 30.3 Å². The lowest BCUT2D eigenvalue weighted by Crippen LogP contribution is -2.08. The first-order chi connectivity index (χ1) is 9.00. The summed E-state index contributed by atoms with van der Waals surface area (Å²) in [6.45, 7) is 0. The van der Waals surface area contributed by atoms with E-state index in [4.69, 9.17) is 10.6 Å². The molecule has 4 N–H and O–H groups in total. The number of hydrogen-bond donors (Lipinski definition) is 3. The summed E-state index contributed by atoms with van der Waals surface area (Å²) in [5.74, 6) is 5.68. The Morgan fingerprint density at radius 1 is 1.10 bits per heavy atom. The molecule has 8 heteroatoms. The number of rotatable bonds is 4. The van der Waals surface area contributed by atoms with Crippen molar-refractivity contribution >= 4 is 28.2 Å². The fourth-order valence-corrected chi connectivity index (χ4v) is 2.14. The third kappa shape index (κ3) is 3.84. The zero-order valence-electron chi connectivity index (χ0n) is 10.2. The second-order valence-electron chi connectivity index (χ2n) is 3.70. The van der Waals surface area contributed by atoms with Gasteiger partial charge < -0.3 is 10.2 Å². The lowest BCUT2D eigenvalue weighted by Gasteiger charge is -2.10. The van der Waals surface area contributed by atoms with Gasteiger partial charge in [-0.15, -0.1) is 12.4 Å². The maximum absolute atomic E-state index is 11.3. The number of anilines is 1. The van der Waals surface area contributed by atoms with Gasteiger partial charge in [-0.2, -0.15) is 8.42 Å². The van der Waals surface area contributed by atoms with Gasteiger partial charge in [-0.3, -0.25) is 10.4 Å². The number of hydrazine groups is 1. The van der Waals surface area contributed by atoms with Crippen molar-refractivity contribution in [2.24, 2.45) is 5.84 Å². The summed E-state index contributed by atoms with van der Waals surface area (Å²) in [6, 6.07) is 12.8. The predicted molar refractivity (Wildman–Crippen MR) is 77.8 cm³/mol. The number of benzene rings is 2. The Morgan fingerprint density at radius 3 is 2.30 bits per heavy atom. The van der Waals surface area contributed by atoms with Crippen molar-refractivity contribution in [3.8, 4) is 11.5 Å². The van der Waals surface area contributed by atoms with Crippen LogP contribution < -0.4 is 16.0 Å². The summed E-state index contributed by atoms with van der Waals surface area (Å²) in [4.78, 5) is -0.355. The molecule has 0 aromatic heterocycles. The van der Waals surface area contributed by atoms with Gasteiger partial charge in [0.2, 0.25) is 0 Å². The van der Waals surface area contributed by atoms with Gasteiger partial charge in [0, 0.05) is 0 Å². The van der Waals surface area contributed by atoms with Crippen LogP contribution in [0.3, 0.4) is 0 Å². The van der Waals surface area contributed by atoms with Crippen LogP contribution in [0.15, 0.2) is 53.4 Å². The molecule has 0 atom stereocenters. The average Bonchev–Trinajstić information content (AvgIpc) is 2.39. The van der Waals surface area contributed by atoms with Crippen LogP contribution in [0.2, 0.25) is 0 Å². The van der Waals surface area contributed by atoms with Crippen LogP contribution in [0.4, 0.5) is 5.69 Å². The van der Waals surface area contributed by atoms with Crippen LogP contribution in [0.5, 0.6) is 11.5 Å². The van der Waals surface area contributed by atoms with E-state index in [1.807, 2.05) is 0 Å². The molecule has 0 fully saturated rings. The molecule has 0 spiro atoms. The summed E-state index contributed by atoms with van der Waals surface area (Å²) in [5.41, 5.74) is 2.64. The smallest absolute Gasteiger partial charge is 0.298 e. The van der Waals surface area contributed by atoms with E-state index in [-0.39, 0.29) is 23.1 Å². The number of nitrogens with one attached hydrogen (secondary N) is 1. The van der Waals surface area contributed by atoms with Gasteiger partial charge in [0.25, 0.3) is 10.1 Å². The Balaban J connectivity index is 0.00000200. The Labute approximate surface area is 122 Å². The maximum Gasteiger partial charge on any atom is 0.298 e. The fraction of sp³-hybridized carbons (Fsp3) is 0. The van der Waals surface area contributed by atoms with Crippen LogP contribution >= 0.6 is 12.4 Å². The van der Waals surface area contributed by atoms with E-state index < -0.39 is 10.1 Å². The largest absolute Gasteiger partial charge is 0.456 e. The monoisotopic (exact) mass is 316 g/mol. The standard InChI is InChI=1S/C12H12N2O4S.ClH/c13-14-9-6-7-11(12(8-9)19(15,16)17)18-10-4-2-1-3-5-10;/h1-8,14H,13H2,(H,15,16,17);1H. The van der Waals surface area contributed by atoms with E-state index in [0.717, 1.165) is 0 Å². The first-order valence-electron chi connectivity index (χ1n) is 5.32. The Hall–Kier alpha value is -1.80. The van der Waals surface area contributed by atoms with Gasteiger partial charge >= 0.3 is 0 Å². The molecule has 2 aromatic rings. The number of ether oxygens (including phenoxy) is 1. The van der Waals surface area contributed by atoms with Gasteiger partial charge in [0.05, 0.1) is 5.69 Å². The highest BCUT2D eigenvalue weighted by Crippen LogP contribution is 2.30. The van der Waals surface area contributed by atoms with Crippen molar-refractivity contribution in [3.63, 3.8) is 0 Å². The Morgan fingerprint density at radius 2 is 1.75 bits per heavy atom. The van der Waals surface area contributed by atoms with Gasteiger partial charge in [0.15, 0.2) is 0 Å². The lowest BCUT2D eigenvalue weighted by atomic mass is 10.3. The second kappa shape index (κ2) is 6.58. The third-order valence-corrected chi connectivity index (χ3v) is 3.23. The third-order valence-electron chi connectivity index (χ3n) is 2.36. The molecular weight excluding hydrogens is 304 g/mol. The number of hydrogen-bond acceptors (Lipinski definition) is 5. The summed E-state index contributed by atoms with van der Waals surface area (Å²) in [6.07, 6.45) is 0. The molecule has 0 amide bonds. The quantitative estimate of drug-likeness (QED) is 0.455. The van der Waals surface area contributed by atoms with Crippen LogP contribution in [0.25, 0.3) is 0 Å². The molecular formula is C12H13ClN2O4S. The van der Waals surface area contributed by atoms with Crippen LogP contribution in [0, 0.1) is 0 Å². The van der Waals surface area contributed by atoms with Crippen molar-refractivity contribution < 1.29 is 17.7 Å². The zero-order valence-corrected chi connectivity index (χ0v) is 11.8.